The number of rotatable bonds is 5. The van der Waals surface area contributed by atoms with Gasteiger partial charge in [-0.1, -0.05) is 65.0 Å². The second kappa shape index (κ2) is 7.91. The van der Waals surface area contributed by atoms with Gasteiger partial charge in [0.15, 0.2) is 0 Å². The third kappa shape index (κ3) is 4.07. The molecule has 0 unspecified atom stereocenters. The van der Waals surface area contributed by atoms with E-state index in [1.807, 2.05) is 66.9 Å². The molecule has 0 fully saturated rings. The Bertz CT molecular complexity index is 1030. The third-order valence-electron chi connectivity index (χ3n) is 3.62. The number of nitrogens with zero attached hydrogens (tertiary/aromatic N) is 2. The largest absolute Gasteiger partial charge is 0.253 e. The van der Waals surface area contributed by atoms with Crippen LogP contribution in [0.4, 0.5) is 5.13 Å². The van der Waals surface area contributed by atoms with Crippen molar-refractivity contribution < 1.29 is 0 Å². The summed E-state index contributed by atoms with van der Waals surface area (Å²) in [6, 6.07) is 24.0. The molecule has 0 atom stereocenters. The second-order valence-electron chi connectivity index (χ2n) is 5.45. The molecule has 0 amide bonds. The first kappa shape index (κ1) is 17.1. The van der Waals surface area contributed by atoms with Crippen LogP contribution in [-0.2, 0) is 0 Å². The minimum atomic E-state index is 0.740. The molecule has 26 heavy (non-hydrogen) atoms. The van der Waals surface area contributed by atoms with Gasteiger partial charge in [-0.05, 0) is 42.5 Å². The molecule has 0 aliphatic carbocycles. The van der Waals surface area contributed by atoms with E-state index in [-0.39, 0.29) is 0 Å². The number of anilines is 1. The number of nitrogens with one attached hydrogen (secondary N) is 1. The quantitative estimate of drug-likeness (QED) is 0.307. The molecule has 128 valence electrons. The lowest BCUT2D eigenvalue weighted by atomic mass is 10.2. The van der Waals surface area contributed by atoms with E-state index in [1.54, 1.807) is 23.1 Å². The number of hydrazone groups is 1. The van der Waals surface area contributed by atoms with Crippen molar-refractivity contribution >= 4 is 56.3 Å². The Morgan fingerprint density at radius 2 is 1.73 bits per heavy atom. The van der Waals surface area contributed by atoms with Gasteiger partial charge in [0, 0.05) is 20.4 Å². The highest BCUT2D eigenvalue weighted by molar-refractivity contribution is 7.99. The predicted octanol–water partition coefficient (Wildman–Crippen LogP) is 6.55. The third-order valence-corrected chi connectivity index (χ3v) is 5.91. The molecule has 0 spiro atoms. The molecule has 4 aromatic rings. The highest BCUT2D eigenvalue weighted by Gasteiger charge is 2.04. The molecule has 0 aliphatic rings. The van der Waals surface area contributed by atoms with Crippen LogP contribution in [0.1, 0.15) is 5.56 Å². The minimum Gasteiger partial charge on any atom is -0.253 e. The van der Waals surface area contributed by atoms with E-state index in [2.05, 4.69) is 27.6 Å². The Morgan fingerprint density at radius 3 is 2.58 bits per heavy atom. The number of hydrogen-bond donors (Lipinski definition) is 1. The van der Waals surface area contributed by atoms with Crippen LogP contribution in [-0.4, -0.2) is 11.2 Å². The molecule has 4 rings (SSSR count). The summed E-state index contributed by atoms with van der Waals surface area (Å²) in [5, 5.41) is 5.88. The monoisotopic (exact) mass is 395 g/mol. The van der Waals surface area contributed by atoms with Crippen molar-refractivity contribution in [1.29, 1.82) is 0 Å². The normalized spacial score (nSPS) is 11.3. The molecule has 1 N–H and O–H groups in total. The average molecular weight is 396 g/mol. The fourth-order valence-electron chi connectivity index (χ4n) is 2.39. The van der Waals surface area contributed by atoms with E-state index in [4.69, 9.17) is 11.6 Å². The van der Waals surface area contributed by atoms with Crippen molar-refractivity contribution in [2.45, 2.75) is 9.79 Å². The Labute approximate surface area is 164 Å². The van der Waals surface area contributed by atoms with Gasteiger partial charge in [-0.2, -0.15) is 5.10 Å². The Hall–Kier alpha value is -2.34. The van der Waals surface area contributed by atoms with E-state index in [0.29, 0.717) is 0 Å². The van der Waals surface area contributed by atoms with Gasteiger partial charge < -0.3 is 0 Å². The first-order chi connectivity index (χ1) is 12.8. The number of hydrogen-bond acceptors (Lipinski definition) is 5. The molecular formula is C20H14ClN3S2. The summed E-state index contributed by atoms with van der Waals surface area (Å²) in [6.45, 7) is 0. The molecule has 6 heteroatoms. The van der Waals surface area contributed by atoms with Crippen LogP contribution in [0, 0.1) is 0 Å². The van der Waals surface area contributed by atoms with Gasteiger partial charge in [0.1, 0.15) is 0 Å². The van der Waals surface area contributed by atoms with Crippen molar-refractivity contribution in [2.24, 2.45) is 5.10 Å². The molecule has 0 saturated heterocycles. The van der Waals surface area contributed by atoms with Crippen LogP contribution >= 0.6 is 34.7 Å². The molecule has 3 nitrogen and oxygen atoms in total. The van der Waals surface area contributed by atoms with Crippen LogP contribution in [0.3, 0.4) is 0 Å². The van der Waals surface area contributed by atoms with Gasteiger partial charge in [0.2, 0.25) is 5.13 Å². The van der Waals surface area contributed by atoms with E-state index in [0.717, 1.165) is 35.7 Å². The standard InChI is InChI=1S/C20H14ClN3S2/c21-15-9-11-16(12-10-15)25-18-7-3-1-5-14(18)13-22-24-20-23-17-6-2-4-8-19(17)26-20/h1-13H,(H,23,24)/b22-13+. The number of aromatic nitrogens is 1. The second-order valence-corrected chi connectivity index (χ2v) is 8.03. The molecule has 3 aromatic carbocycles. The van der Waals surface area contributed by atoms with Crippen LogP contribution < -0.4 is 5.43 Å². The van der Waals surface area contributed by atoms with Gasteiger partial charge in [0.25, 0.3) is 0 Å². The fourth-order valence-corrected chi connectivity index (χ4v) is 4.24. The Morgan fingerprint density at radius 1 is 0.962 bits per heavy atom. The van der Waals surface area contributed by atoms with Crippen LogP contribution in [0.2, 0.25) is 5.02 Å². The first-order valence-corrected chi connectivity index (χ1v) is 9.96. The van der Waals surface area contributed by atoms with Gasteiger partial charge in [-0.25, -0.2) is 4.98 Å². The van der Waals surface area contributed by atoms with Gasteiger partial charge in [0.05, 0.1) is 16.4 Å². The summed E-state index contributed by atoms with van der Waals surface area (Å²) in [7, 11) is 0. The first-order valence-electron chi connectivity index (χ1n) is 7.95. The topological polar surface area (TPSA) is 37.3 Å². The number of halogens is 1. The summed E-state index contributed by atoms with van der Waals surface area (Å²) >= 11 is 9.23. The Kier molecular flexibility index (Phi) is 5.20. The zero-order valence-electron chi connectivity index (χ0n) is 13.6. The summed E-state index contributed by atoms with van der Waals surface area (Å²) in [6.07, 6.45) is 1.82. The van der Waals surface area contributed by atoms with Crippen molar-refractivity contribution in [3.8, 4) is 0 Å². The summed E-state index contributed by atoms with van der Waals surface area (Å²) in [5.41, 5.74) is 5.05. The maximum Gasteiger partial charge on any atom is 0.204 e. The van der Waals surface area contributed by atoms with Gasteiger partial charge in [-0.3, -0.25) is 5.43 Å². The molecule has 0 aliphatic heterocycles. The molecule has 0 radical (unpaired) electrons. The van der Waals surface area contributed by atoms with E-state index in [1.165, 1.54) is 0 Å². The fraction of sp³-hybridized carbons (Fsp3) is 0. The summed E-state index contributed by atoms with van der Waals surface area (Å²) in [4.78, 5) is 6.78. The van der Waals surface area contributed by atoms with Gasteiger partial charge in [-0.15, -0.1) is 0 Å². The molecule has 0 bridgehead atoms. The predicted molar refractivity (Wildman–Crippen MR) is 113 cm³/mol. The van der Waals surface area contributed by atoms with Crippen molar-refractivity contribution in [2.75, 3.05) is 5.43 Å². The Balaban J connectivity index is 1.50. The number of para-hydroxylation sites is 1. The van der Waals surface area contributed by atoms with Crippen molar-refractivity contribution in [3.05, 3.63) is 83.4 Å². The van der Waals surface area contributed by atoms with E-state index >= 15 is 0 Å². The molecular weight excluding hydrogens is 382 g/mol. The lowest BCUT2D eigenvalue weighted by Gasteiger charge is -2.05. The number of thiazole rings is 1. The molecule has 0 saturated carbocycles. The smallest absolute Gasteiger partial charge is 0.204 e. The van der Waals surface area contributed by atoms with E-state index in [9.17, 15) is 0 Å². The maximum atomic E-state index is 5.96. The minimum absolute atomic E-state index is 0.740. The van der Waals surface area contributed by atoms with Crippen LogP contribution in [0.15, 0.2) is 87.7 Å². The lowest BCUT2D eigenvalue weighted by Crippen LogP contribution is -1.91. The van der Waals surface area contributed by atoms with Crippen LogP contribution in [0.25, 0.3) is 10.2 Å². The highest BCUT2D eigenvalue weighted by atomic mass is 35.5. The average Bonchev–Trinajstić information content (AvgIpc) is 3.08. The molecule has 1 aromatic heterocycles. The number of fused-ring (bicyclic) bond motifs is 1. The van der Waals surface area contributed by atoms with Crippen molar-refractivity contribution in [1.82, 2.24) is 4.98 Å². The number of benzene rings is 3. The summed E-state index contributed by atoms with van der Waals surface area (Å²) < 4.78 is 1.14. The van der Waals surface area contributed by atoms with Crippen molar-refractivity contribution in [3.63, 3.8) is 0 Å². The lowest BCUT2D eigenvalue weighted by molar-refractivity contribution is 1.30. The van der Waals surface area contributed by atoms with Gasteiger partial charge >= 0.3 is 0 Å². The maximum absolute atomic E-state index is 5.96. The highest BCUT2D eigenvalue weighted by Crippen LogP contribution is 2.30. The summed E-state index contributed by atoms with van der Waals surface area (Å²) in [5.74, 6) is 0. The molecule has 1 heterocycles. The van der Waals surface area contributed by atoms with Crippen LogP contribution in [0.5, 0.6) is 0 Å². The SMILES string of the molecule is Clc1ccc(Sc2ccccc2/C=N/Nc2nc3ccccc3s2)cc1. The van der Waals surface area contributed by atoms with E-state index < -0.39 is 0 Å². The zero-order chi connectivity index (χ0) is 17.8. The zero-order valence-corrected chi connectivity index (χ0v) is 16.0.